The van der Waals surface area contributed by atoms with Crippen molar-refractivity contribution in [3.63, 3.8) is 0 Å². The van der Waals surface area contributed by atoms with E-state index in [0.29, 0.717) is 6.61 Å². The smallest absolute Gasteiger partial charge is 0.120 e. The van der Waals surface area contributed by atoms with Crippen LogP contribution in [0.4, 0.5) is 0 Å². The monoisotopic (exact) mass is 237 g/mol. The Morgan fingerprint density at radius 1 is 1.40 bits per heavy atom. The summed E-state index contributed by atoms with van der Waals surface area (Å²) in [6.07, 6.45) is 0. The molecule has 0 saturated carbocycles. The van der Waals surface area contributed by atoms with Gasteiger partial charge in [-0.2, -0.15) is 0 Å². The Bertz CT molecular complexity index is 437. The Hall–Kier alpha value is -0.990. The molecule has 2 aromatic rings. The minimum Gasteiger partial charge on any atom is -0.494 e. The molecule has 1 aromatic carbocycles. The van der Waals surface area contributed by atoms with E-state index in [1.165, 1.54) is 0 Å². The molecule has 1 nitrogen and oxygen atoms in total. The zero-order valence-electron chi connectivity index (χ0n) is 8.29. The average Bonchev–Trinajstić information content (AvgIpc) is 2.71. The predicted octanol–water partition coefficient (Wildman–Crippen LogP) is 4.27. The van der Waals surface area contributed by atoms with Crippen LogP contribution in [0.3, 0.4) is 0 Å². The highest BCUT2D eigenvalue weighted by atomic mass is 35.5. The van der Waals surface area contributed by atoms with Gasteiger partial charge in [0.1, 0.15) is 5.75 Å². The first-order valence-electron chi connectivity index (χ1n) is 4.70. The van der Waals surface area contributed by atoms with Gasteiger partial charge < -0.3 is 4.74 Å². The molecule has 0 unspecified atom stereocenters. The van der Waals surface area contributed by atoms with Crippen molar-refractivity contribution < 1.29 is 4.74 Å². The Labute approximate surface area is 98.3 Å². The van der Waals surface area contributed by atoms with Gasteiger partial charge in [-0.1, -0.05) is 11.6 Å². The van der Waals surface area contributed by atoms with Crippen LogP contribution in [-0.2, 0) is 0 Å². The third-order valence-electron chi connectivity index (χ3n) is 1.99. The first-order chi connectivity index (χ1) is 7.31. The summed E-state index contributed by atoms with van der Waals surface area (Å²) in [6, 6.07) is 9.66. The van der Waals surface area contributed by atoms with Gasteiger partial charge in [-0.15, -0.1) is 11.3 Å². The minimum atomic E-state index is 0.655. The fourth-order valence-electron chi connectivity index (χ4n) is 1.34. The zero-order valence-corrected chi connectivity index (χ0v) is 9.86. The number of rotatable bonds is 3. The molecule has 0 aliphatic rings. The molecule has 0 amide bonds. The van der Waals surface area contributed by atoms with Crippen molar-refractivity contribution in [2.75, 3.05) is 6.61 Å². The van der Waals surface area contributed by atoms with Crippen LogP contribution in [-0.4, -0.2) is 6.61 Å². The summed E-state index contributed by atoms with van der Waals surface area (Å²) in [5.41, 5.74) is 1.03. The molecule has 2 rings (SSSR count). The van der Waals surface area contributed by atoms with Gasteiger partial charge in [-0.25, -0.2) is 0 Å². The number of hydrogen-bond donors (Lipinski definition) is 0. The largest absolute Gasteiger partial charge is 0.494 e. The number of hydrogen-bond acceptors (Lipinski definition) is 2. The molecule has 15 heavy (non-hydrogen) atoms. The van der Waals surface area contributed by atoms with E-state index < -0.39 is 0 Å². The molecule has 0 saturated heterocycles. The maximum absolute atomic E-state index is 6.17. The predicted molar refractivity (Wildman–Crippen MR) is 64.8 cm³/mol. The Morgan fingerprint density at radius 3 is 2.87 bits per heavy atom. The lowest BCUT2D eigenvalue weighted by molar-refractivity contribution is 0.340. The van der Waals surface area contributed by atoms with Crippen molar-refractivity contribution in [3.8, 4) is 16.2 Å². The Balaban J connectivity index is 2.35. The highest BCUT2D eigenvalue weighted by Gasteiger charge is 2.05. The first-order valence-corrected chi connectivity index (χ1v) is 5.89. The summed E-state index contributed by atoms with van der Waals surface area (Å²) < 4.78 is 5.37. The molecule has 1 aromatic heterocycles. The molecular formula is C12H10ClOS. The summed E-state index contributed by atoms with van der Waals surface area (Å²) in [7, 11) is 0. The molecule has 0 atom stereocenters. The topological polar surface area (TPSA) is 9.23 Å². The highest BCUT2D eigenvalue weighted by molar-refractivity contribution is 7.13. The van der Waals surface area contributed by atoms with Crippen LogP contribution in [0, 0.1) is 5.38 Å². The maximum Gasteiger partial charge on any atom is 0.120 e. The number of thiophene rings is 1. The SMILES string of the molecule is CCOc1ccc(-c2cc[c]s2)c(Cl)c1. The zero-order chi connectivity index (χ0) is 10.7. The maximum atomic E-state index is 6.17. The Kier molecular flexibility index (Phi) is 3.29. The van der Waals surface area contributed by atoms with Crippen LogP contribution in [0.1, 0.15) is 6.92 Å². The molecule has 0 fully saturated rings. The second kappa shape index (κ2) is 4.69. The van der Waals surface area contributed by atoms with E-state index in [4.69, 9.17) is 16.3 Å². The fourth-order valence-corrected chi connectivity index (χ4v) is 2.35. The Morgan fingerprint density at radius 2 is 2.27 bits per heavy atom. The highest BCUT2D eigenvalue weighted by Crippen LogP contribution is 2.33. The van der Waals surface area contributed by atoms with Gasteiger partial charge in [0.05, 0.1) is 11.6 Å². The van der Waals surface area contributed by atoms with Crippen molar-refractivity contribution in [1.82, 2.24) is 0 Å². The minimum absolute atomic E-state index is 0.655. The molecule has 0 bridgehead atoms. The summed E-state index contributed by atoms with van der Waals surface area (Å²) in [5.74, 6) is 0.812. The molecule has 1 heterocycles. The summed E-state index contributed by atoms with van der Waals surface area (Å²) in [4.78, 5) is 1.13. The summed E-state index contributed by atoms with van der Waals surface area (Å²) in [5, 5.41) is 3.77. The van der Waals surface area contributed by atoms with Gasteiger partial charge >= 0.3 is 0 Å². The third-order valence-corrected chi connectivity index (χ3v) is 3.13. The van der Waals surface area contributed by atoms with E-state index in [1.54, 1.807) is 11.3 Å². The van der Waals surface area contributed by atoms with Crippen LogP contribution < -0.4 is 4.74 Å². The van der Waals surface area contributed by atoms with Crippen LogP contribution in [0.5, 0.6) is 5.75 Å². The van der Waals surface area contributed by atoms with Gasteiger partial charge in [-0.3, -0.25) is 0 Å². The van der Waals surface area contributed by atoms with Crippen LogP contribution >= 0.6 is 22.9 Å². The van der Waals surface area contributed by atoms with Gasteiger partial charge in [-0.05, 0) is 37.3 Å². The van der Waals surface area contributed by atoms with Crippen LogP contribution in [0.2, 0.25) is 5.02 Å². The van der Waals surface area contributed by atoms with Gasteiger partial charge in [0.25, 0.3) is 0 Å². The van der Waals surface area contributed by atoms with Gasteiger partial charge in [0.2, 0.25) is 0 Å². The van der Waals surface area contributed by atoms with Crippen molar-refractivity contribution in [3.05, 3.63) is 40.7 Å². The average molecular weight is 238 g/mol. The molecule has 0 spiro atoms. The van der Waals surface area contributed by atoms with E-state index in [1.807, 2.05) is 37.3 Å². The van der Waals surface area contributed by atoms with E-state index in [2.05, 4.69) is 5.38 Å². The lowest BCUT2D eigenvalue weighted by Crippen LogP contribution is -1.91. The fraction of sp³-hybridized carbons (Fsp3) is 0.167. The van der Waals surface area contributed by atoms with Gasteiger partial charge in [0.15, 0.2) is 0 Å². The van der Waals surface area contributed by atoms with Crippen LogP contribution in [0.25, 0.3) is 10.4 Å². The van der Waals surface area contributed by atoms with E-state index in [-0.39, 0.29) is 0 Å². The third kappa shape index (κ3) is 2.33. The second-order valence-corrected chi connectivity index (χ2v) is 4.28. The lowest BCUT2D eigenvalue weighted by atomic mass is 10.2. The first kappa shape index (κ1) is 10.5. The molecule has 3 heteroatoms. The van der Waals surface area contributed by atoms with Gasteiger partial charge in [0, 0.05) is 15.8 Å². The lowest BCUT2D eigenvalue weighted by Gasteiger charge is -2.06. The van der Waals surface area contributed by atoms with Crippen molar-refractivity contribution >= 4 is 22.9 Å². The molecule has 77 valence electrons. The standard InChI is InChI=1S/C12H10ClOS/c1-2-14-9-5-6-10(11(13)8-9)12-4-3-7-15-12/h3-6,8H,2H2,1H3. The molecule has 0 N–H and O–H groups in total. The van der Waals surface area contributed by atoms with Crippen molar-refractivity contribution in [1.29, 1.82) is 0 Å². The summed E-state index contributed by atoms with van der Waals surface area (Å²) >= 11 is 7.73. The number of halogens is 1. The van der Waals surface area contributed by atoms with E-state index in [0.717, 1.165) is 21.2 Å². The molecular weight excluding hydrogens is 228 g/mol. The number of ether oxygens (including phenoxy) is 1. The van der Waals surface area contributed by atoms with Crippen molar-refractivity contribution in [2.45, 2.75) is 6.92 Å². The van der Waals surface area contributed by atoms with Crippen molar-refractivity contribution in [2.24, 2.45) is 0 Å². The second-order valence-electron chi connectivity index (χ2n) is 2.99. The summed E-state index contributed by atoms with van der Waals surface area (Å²) in [6.45, 7) is 2.61. The molecule has 1 radical (unpaired) electrons. The molecule has 0 aliphatic heterocycles. The van der Waals surface area contributed by atoms with Crippen LogP contribution in [0.15, 0.2) is 30.3 Å². The quantitative estimate of drug-likeness (QED) is 0.775. The number of benzene rings is 1. The normalized spacial score (nSPS) is 10.3. The van der Waals surface area contributed by atoms with E-state index in [9.17, 15) is 0 Å². The molecule has 0 aliphatic carbocycles. The van der Waals surface area contributed by atoms with E-state index >= 15 is 0 Å².